The highest BCUT2D eigenvalue weighted by molar-refractivity contribution is 7.89. The number of carbonyl (C=O) groups is 8. The van der Waals surface area contributed by atoms with Crippen LogP contribution in [0, 0.1) is 130 Å². The summed E-state index contributed by atoms with van der Waals surface area (Å²) in [6.45, 7) is 16.8. The largest absolute Gasteiger partial charge is 0.560 e. The number of hydrogen-bond donors (Lipinski definition) is 1. The molecule has 0 aromatic heterocycles. The summed E-state index contributed by atoms with van der Waals surface area (Å²) in [6, 6.07) is 16.5. The van der Waals surface area contributed by atoms with E-state index in [1.165, 1.54) is 33.1 Å². The third kappa shape index (κ3) is 26.2. The second kappa shape index (κ2) is 43.2. The molecule has 7 heterocycles. The molecular weight excluding hydrogens is 1370 g/mol. The predicted molar refractivity (Wildman–Crippen MR) is 375 cm³/mol. The summed E-state index contributed by atoms with van der Waals surface area (Å²) in [5, 5.41) is 4.38. The van der Waals surface area contributed by atoms with Gasteiger partial charge in [0.2, 0.25) is 20.0 Å². The lowest BCUT2D eigenvalue weighted by molar-refractivity contribution is -0.198. The molecule has 2 aromatic rings. The van der Waals surface area contributed by atoms with E-state index in [-0.39, 0.29) is 90.2 Å². The Bertz CT molecular complexity index is 4180. The van der Waals surface area contributed by atoms with Gasteiger partial charge in [-0.3, -0.25) is 38.4 Å². The number of hydroxylamine groups is 6. The Labute approximate surface area is 603 Å². The molecule has 25 nitrogen and oxygen atoms in total. The fourth-order valence-corrected chi connectivity index (χ4v) is 13.1. The van der Waals surface area contributed by atoms with Gasteiger partial charge >= 0.3 is 12.2 Å². The number of likely N-dealkylation sites (N-methyl/N-ethyl adjacent to an activating group) is 2. The standard InChI is InChI=1S/C24H6.C20H25N3O7S.C15H22N2O3S.C9H8N2O7.C6H15N.ClH/c1-3-5-7-9-11-13-15-17-19-21-23-24-22-20-18-16-14-12-10-8-6-4-2;1-21(31(27,28)16-5-3-2-4-6-16)15-13-20(29-14-15)9-11-22(12-10-20)19(26)30-23-17(24)7-8-18(23)25;1-17(21(18,19)14-5-3-2-4-6-14)13-11-15(20-12-13)7-9-16-10-8-15;12-5-1-2-6(13)10(5)17-9(16)18-11-7(14)3-4-8(11)15;1-4-7(5-2)6-3;/h1-2H3;2-6,15H,7-14H2,1H3;2-6,13,16H,7-12H2,1H3;1-4H2;4-6H2,1-3H3;1H/t;15-;13-;;;/m.11.../s1. The molecule has 1 N–H and O–H groups in total. The monoisotopic (exact) mass is 1450 g/mol. The molecule has 0 radical (unpaired) electrons. The molecule has 2 aromatic carbocycles. The van der Waals surface area contributed by atoms with Crippen LogP contribution in [-0.2, 0) is 72.8 Å². The van der Waals surface area contributed by atoms with Crippen molar-refractivity contribution >= 4 is 80.1 Å². The van der Waals surface area contributed by atoms with Crippen LogP contribution in [0.3, 0.4) is 0 Å². The summed E-state index contributed by atoms with van der Waals surface area (Å²) < 4.78 is 66.0. The first-order valence-corrected chi connectivity index (χ1v) is 34.9. The van der Waals surface area contributed by atoms with Crippen molar-refractivity contribution in [1.29, 1.82) is 0 Å². The maximum absolute atomic E-state index is 12.9. The fourth-order valence-electron chi connectivity index (χ4n) is 10.3. The van der Waals surface area contributed by atoms with Crippen LogP contribution < -0.4 is 5.32 Å². The first-order valence-electron chi connectivity index (χ1n) is 32.1. The quantitative estimate of drug-likeness (QED) is 0.227. The first kappa shape index (κ1) is 83.9. The van der Waals surface area contributed by atoms with Crippen molar-refractivity contribution in [3.8, 4) is 130 Å². The Morgan fingerprint density at radius 1 is 0.471 bits per heavy atom. The minimum Gasteiger partial charge on any atom is -0.373 e. The van der Waals surface area contributed by atoms with Crippen LogP contribution in [0.2, 0.25) is 0 Å². The molecule has 7 amide bonds. The SMILES string of the molecule is CC#CC#CC#CC#CC#CC#CC#CC#CC#CC#CC#CC.CCN(CC)CC.CN([C@H]1COC2(CCN(C(=O)ON3C(=O)CCC3=O)CC2)C1)S(=O)(=O)c1ccccc1.CN([C@H]1COC2(CCNCC2)C1)S(=O)(=O)c1ccccc1.Cl.O=C(ON1C(=O)CCC1=O)ON1C(=O)CCC1=O. The van der Waals surface area contributed by atoms with Crippen LogP contribution >= 0.6 is 12.4 Å². The number of likely N-dealkylation sites (tertiary alicyclic amines) is 1. The van der Waals surface area contributed by atoms with Crippen molar-refractivity contribution in [3.63, 3.8) is 0 Å². The van der Waals surface area contributed by atoms with E-state index in [1.807, 2.05) is 6.07 Å². The number of hydrogen-bond acceptors (Lipinski definition) is 19. The third-order valence-corrected chi connectivity index (χ3v) is 19.8. The zero-order valence-corrected chi connectivity index (χ0v) is 60.0. The number of nitrogens with zero attached hydrogens (tertiary/aromatic N) is 7. The van der Waals surface area contributed by atoms with Crippen LogP contribution in [0.4, 0.5) is 9.59 Å². The van der Waals surface area contributed by atoms with E-state index in [1.54, 1.807) is 82.5 Å². The number of carbonyl (C=O) groups excluding carboxylic acids is 8. The fraction of sp³-hybridized carbons (Fsp3) is 0.432. The highest BCUT2D eigenvalue weighted by atomic mass is 35.5. The average molecular weight is 1450 g/mol. The van der Waals surface area contributed by atoms with Crippen LogP contribution in [0.1, 0.15) is 112 Å². The summed E-state index contributed by atoms with van der Waals surface area (Å²) in [5.41, 5.74) is -0.641. The lowest BCUT2D eigenvalue weighted by Gasteiger charge is -2.38. The van der Waals surface area contributed by atoms with E-state index in [9.17, 15) is 55.2 Å². The summed E-state index contributed by atoms with van der Waals surface area (Å²) in [6.07, 6.45) is 1.89. The highest BCUT2D eigenvalue weighted by Crippen LogP contribution is 2.40. The lowest BCUT2D eigenvalue weighted by Crippen LogP contribution is -2.49. The Morgan fingerprint density at radius 2 is 0.755 bits per heavy atom. The van der Waals surface area contributed by atoms with Crippen LogP contribution in [0.5, 0.6) is 0 Å². The number of piperidine rings is 2. The number of halogens is 1. The van der Waals surface area contributed by atoms with E-state index in [0.717, 1.165) is 32.4 Å². The average Bonchev–Trinajstić information content (AvgIpc) is 1.60. The molecule has 0 unspecified atom stereocenters. The summed E-state index contributed by atoms with van der Waals surface area (Å²) in [4.78, 5) is 109. The number of sulfonamides is 2. The second-order valence-electron chi connectivity index (χ2n) is 22.3. The van der Waals surface area contributed by atoms with E-state index < -0.39 is 73.3 Å². The number of benzene rings is 2. The van der Waals surface area contributed by atoms with Crippen molar-refractivity contribution in [2.24, 2.45) is 0 Å². The van der Waals surface area contributed by atoms with Crippen molar-refractivity contribution in [2.75, 3.05) is 73.1 Å². The third-order valence-electron chi connectivity index (χ3n) is 16.0. The van der Waals surface area contributed by atoms with Crippen LogP contribution in [0.25, 0.3) is 0 Å². The smallest absolute Gasteiger partial charge is 0.373 e. The molecule has 7 aliphatic rings. The summed E-state index contributed by atoms with van der Waals surface area (Å²) >= 11 is 0. The lowest BCUT2D eigenvalue weighted by atomic mass is 9.87. The minimum atomic E-state index is -3.63. The van der Waals surface area contributed by atoms with Crippen molar-refractivity contribution in [1.82, 2.24) is 38.9 Å². The predicted octanol–water partition coefficient (Wildman–Crippen LogP) is 4.45. The maximum atomic E-state index is 12.9. The molecule has 28 heteroatoms. The summed E-state index contributed by atoms with van der Waals surface area (Å²) in [7, 11) is -3.84. The van der Waals surface area contributed by atoms with Gasteiger partial charge in [-0.25, -0.2) is 21.6 Å². The molecule has 2 spiro atoms. The van der Waals surface area contributed by atoms with Gasteiger partial charge in [-0.05, 0) is 204 Å². The zero-order valence-electron chi connectivity index (χ0n) is 57.6. The topological polar surface area (TPSA) is 286 Å². The Kier molecular flexibility index (Phi) is 35.6. The molecule has 0 saturated carbocycles. The molecule has 7 aliphatic heterocycles. The van der Waals surface area contributed by atoms with Gasteiger partial charge < -0.3 is 29.4 Å². The van der Waals surface area contributed by atoms with Gasteiger partial charge in [0, 0.05) is 89.4 Å². The molecule has 534 valence electrons. The van der Waals surface area contributed by atoms with Gasteiger partial charge in [-0.2, -0.15) is 13.4 Å². The molecule has 7 saturated heterocycles. The number of ether oxygens (including phenoxy) is 2. The Balaban J connectivity index is 0.000000283. The van der Waals surface area contributed by atoms with E-state index in [0.29, 0.717) is 48.9 Å². The molecule has 0 aliphatic carbocycles. The van der Waals surface area contributed by atoms with Gasteiger partial charge in [0.1, 0.15) is 0 Å². The molecule has 9 rings (SSSR count). The Hall–Kier alpha value is -10.5. The zero-order chi connectivity index (χ0) is 73.7. The molecule has 7 fully saturated rings. The van der Waals surface area contributed by atoms with Crippen LogP contribution in [0.15, 0.2) is 70.5 Å². The van der Waals surface area contributed by atoms with E-state index in [4.69, 9.17) is 14.3 Å². The number of nitrogens with one attached hydrogen (secondary N) is 1. The summed E-state index contributed by atoms with van der Waals surface area (Å²) in [5.74, 6) is 51.8. The number of amides is 7. The normalized spacial score (nSPS) is 17.6. The van der Waals surface area contributed by atoms with Crippen molar-refractivity contribution < 1.29 is 79.2 Å². The molecule has 0 bridgehead atoms. The Morgan fingerprint density at radius 3 is 1.04 bits per heavy atom. The molecule has 102 heavy (non-hydrogen) atoms. The highest BCUT2D eigenvalue weighted by Gasteiger charge is 2.48. The van der Waals surface area contributed by atoms with E-state index >= 15 is 0 Å². The second-order valence-corrected chi connectivity index (χ2v) is 26.3. The van der Waals surface area contributed by atoms with Gasteiger partial charge in [0.25, 0.3) is 35.4 Å². The number of rotatable bonds is 12. The first-order chi connectivity index (χ1) is 48.5. The number of imide groups is 3. The van der Waals surface area contributed by atoms with Gasteiger partial charge in [0.15, 0.2) is 0 Å². The van der Waals surface area contributed by atoms with Crippen LogP contribution in [-0.4, -0.2) is 195 Å². The van der Waals surface area contributed by atoms with Gasteiger partial charge in [-0.1, -0.05) is 79.1 Å². The minimum absolute atomic E-state index is 0. The van der Waals surface area contributed by atoms with E-state index in [2.05, 4.69) is 171 Å². The molecule has 2 atom stereocenters. The maximum Gasteiger partial charge on any atom is 0.560 e. The van der Waals surface area contributed by atoms with Gasteiger partial charge in [-0.15, -0.1) is 17.5 Å². The van der Waals surface area contributed by atoms with Crippen molar-refractivity contribution in [3.05, 3.63) is 60.7 Å². The van der Waals surface area contributed by atoms with Gasteiger partial charge in [0.05, 0.1) is 46.3 Å². The van der Waals surface area contributed by atoms with Crippen molar-refractivity contribution in [2.45, 2.75) is 145 Å². The molecular formula is C74H77ClN8O17S2.